The van der Waals surface area contributed by atoms with Gasteiger partial charge in [-0.3, -0.25) is 14.5 Å². The zero-order valence-electron chi connectivity index (χ0n) is 24.7. The number of alkyl halides is 1. The molecule has 0 aromatic heterocycles. The van der Waals surface area contributed by atoms with E-state index in [4.69, 9.17) is 4.74 Å². The van der Waals surface area contributed by atoms with Crippen LogP contribution in [-0.2, 0) is 14.3 Å². The number of nitrogens with zero attached hydrogens (tertiary/aromatic N) is 2. The summed E-state index contributed by atoms with van der Waals surface area (Å²) in [4.78, 5) is 41.2. The Hall–Kier alpha value is -3.13. The minimum absolute atomic E-state index is 0.0822. The third-order valence-corrected chi connectivity index (χ3v) is 5.11. The van der Waals surface area contributed by atoms with Crippen LogP contribution in [0, 0.1) is 0 Å². The summed E-state index contributed by atoms with van der Waals surface area (Å²) in [6.07, 6.45) is 3.36. The van der Waals surface area contributed by atoms with Crippen LogP contribution < -0.4 is 10.2 Å². The van der Waals surface area contributed by atoms with E-state index in [-0.39, 0.29) is 24.4 Å². The standard InChI is InChI=1S/C26H31N3O4.2C2H6.CH3Br/c1-26(2,3)33-25(32)27-21-16-17-28(18-21)24(31)19-29(22-12-8-5-9-13-22)23(30)15-14-20-10-6-4-7-11-20;3*1-2/h4-15,21H,16-19H2,1-3H3,(H,27,32);2*1-2H3;1H3/b15-14+;;;/t21-;;;/m0.../s1. The smallest absolute Gasteiger partial charge is 0.407 e. The van der Waals surface area contributed by atoms with Crippen LogP contribution in [0.4, 0.5) is 10.5 Å². The lowest BCUT2D eigenvalue weighted by Gasteiger charge is -2.25. The second-order valence-electron chi connectivity index (χ2n) is 8.98. The molecular weight excluding hydrogens is 558 g/mol. The molecule has 0 radical (unpaired) electrons. The molecule has 8 heteroatoms. The summed E-state index contributed by atoms with van der Waals surface area (Å²) in [5.74, 6) is 1.36. The van der Waals surface area contributed by atoms with Crippen LogP contribution in [0.25, 0.3) is 6.08 Å². The first-order chi connectivity index (χ1) is 18.7. The molecular formula is C31H46BrN3O4. The number of ether oxygens (including phenoxy) is 1. The maximum Gasteiger partial charge on any atom is 0.407 e. The number of hydrogen-bond donors (Lipinski definition) is 1. The maximum absolute atomic E-state index is 13.0. The Labute approximate surface area is 243 Å². The van der Waals surface area contributed by atoms with Gasteiger partial charge < -0.3 is 15.0 Å². The third kappa shape index (κ3) is 14.0. The molecule has 1 aliphatic heterocycles. The maximum atomic E-state index is 13.0. The number of halogens is 1. The monoisotopic (exact) mass is 603 g/mol. The van der Waals surface area contributed by atoms with Crippen molar-refractivity contribution in [3.63, 3.8) is 0 Å². The van der Waals surface area contributed by atoms with Crippen LogP contribution >= 0.6 is 15.9 Å². The normalized spacial score (nSPS) is 14.0. The SMILES string of the molecule is CBr.CC.CC.CC(C)(C)OC(=O)N[C@H]1CCN(C(=O)CN(C(=O)/C=C/c2ccccc2)c2ccccc2)C1. The van der Waals surface area contributed by atoms with Gasteiger partial charge in [-0.15, -0.1) is 0 Å². The highest BCUT2D eigenvalue weighted by molar-refractivity contribution is 9.08. The molecule has 1 aliphatic rings. The minimum Gasteiger partial charge on any atom is -0.444 e. The zero-order valence-corrected chi connectivity index (χ0v) is 26.3. The van der Waals surface area contributed by atoms with Gasteiger partial charge in [0.15, 0.2) is 0 Å². The Morgan fingerprint density at radius 2 is 1.51 bits per heavy atom. The summed E-state index contributed by atoms with van der Waals surface area (Å²) in [6.45, 7) is 14.2. The van der Waals surface area contributed by atoms with E-state index in [1.165, 1.54) is 11.0 Å². The number of benzene rings is 2. The lowest BCUT2D eigenvalue weighted by Crippen LogP contribution is -2.44. The Kier molecular flexibility index (Phi) is 18.3. The average molecular weight is 605 g/mol. The van der Waals surface area contributed by atoms with E-state index in [1.807, 2.05) is 82.1 Å². The summed E-state index contributed by atoms with van der Waals surface area (Å²) in [6, 6.07) is 18.5. The Morgan fingerprint density at radius 3 is 2.05 bits per heavy atom. The number of alkyl carbamates (subject to hydrolysis) is 1. The molecule has 2 aromatic rings. The number of amides is 3. The number of carbonyl (C=O) groups excluding carboxylic acids is 3. The average Bonchev–Trinajstić information content (AvgIpc) is 3.42. The number of anilines is 1. The van der Waals surface area contributed by atoms with Gasteiger partial charge in [0, 0.05) is 24.9 Å². The molecule has 0 aliphatic carbocycles. The van der Waals surface area contributed by atoms with Crippen LogP contribution in [-0.4, -0.2) is 59.9 Å². The van der Waals surface area contributed by atoms with Crippen LogP contribution in [0.15, 0.2) is 66.7 Å². The fourth-order valence-corrected chi connectivity index (χ4v) is 3.54. The van der Waals surface area contributed by atoms with Gasteiger partial charge in [0.05, 0.1) is 6.04 Å². The highest BCUT2D eigenvalue weighted by Gasteiger charge is 2.30. The first kappa shape index (κ1) is 35.9. The van der Waals surface area contributed by atoms with Crippen molar-refractivity contribution in [2.24, 2.45) is 0 Å². The number of carbonyl (C=O) groups is 3. The van der Waals surface area contributed by atoms with Crippen molar-refractivity contribution in [3.05, 3.63) is 72.3 Å². The van der Waals surface area contributed by atoms with Gasteiger partial charge in [-0.25, -0.2) is 4.79 Å². The quantitative estimate of drug-likeness (QED) is 0.287. The van der Waals surface area contributed by atoms with Crippen LogP contribution in [0.5, 0.6) is 0 Å². The van der Waals surface area contributed by atoms with Crippen LogP contribution in [0.2, 0.25) is 0 Å². The largest absolute Gasteiger partial charge is 0.444 e. The molecule has 0 bridgehead atoms. The molecule has 1 fully saturated rings. The number of para-hydroxylation sites is 1. The molecule has 0 spiro atoms. The molecule has 39 heavy (non-hydrogen) atoms. The lowest BCUT2D eigenvalue weighted by atomic mass is 10.2. The van der Waals surface area contributed by atoms with Crippen molar-refractivity contribution in [1.29, 1.82) is 0 Å². The van der Waals surface area contributed by atoms with Gasteiger partial charge in [0.1, 0.15) is 12.1 Å². The molecule has 1 saturated heterocycles. The molecule has 1 atom stereocenters. The Balaban J connectivity index is 0.00000225. The van der Waals surface area contributed by atoms with Crippen molar-refractivity contribution >= 4 is 45.6 Å². The Morgan fingerprint density at radius 1 is 0.974 bits per heavy atom. The van der Waals surface area contributed by atoms with E-state index in [2.05, 4.69) is 21.2 Å². The molecule has 0 unspecified atom stereocenters. The van der Waals surface area contributed by atoms with E-state index in [9.17, 15) is 14.4 Å². The zero-order chi connectivity index (χ0) is 29.8. The molecule has 216 valence electrons. The van der Waals surface area contributed by atoms with Gasteiger partial charge in [-0.05, 0) is 56.8 Å². The van der Waals surface area contributed by atoms with Gasteiger partial charge in [0.2, 0.25) is 5.91 Å². The van der Waals surface area contributed by atoms with E-state index in [1.54, 1.807) is 43.9 Å². The first-order valence-electron chi connectivity index (χ1n) is 13.5. The van der Waals surface area contributed by atoms with Gasteiger partial charge in [-0.2, -0.15) is 0 Å². The number of nitrogens with one attached hydrogen (secondary N) is 1. The summed E-state index contributed by atoms with van der Waals surface area (Å²) >= 11 is 2.94. The molecule has 1 heterocycles. The lowest BCUT2D eigenvalue weighted by molar-refractivity contribution is -0.130. The van der Waals surface area contributed by atoms with Crippen LogP contribution in [0.3, 0.4) is 0 Å². The van der Waals surface area contributed by atoms with E-state index >= 15 is 0 Å². The highest BCUT2D eigenvalue weighted by Crippen LogP contribution is 2.17. The van der Waals surface area contributed by atoms with Crippen molar-refractivity contribution < 1.29 is 19.1 Å². The number of rotatable bonds is 6. The molecule has 0 saturated carbocycles. The minimum atomic E-state index is -0.581. The molecule has 1 N–H and O–H groups in total. The van der Waals surface area contributed by atoms with Crippen molar-refractivity contribution in [3.8, 4) is 0 Å². The van der Waals surface area contributed by atoms with Gasteiger partial charge >= 0.3 is 6.09 Å². The second-order valence-corrected chi connectivity index (χ2v) is 8.98. The summed E-state index contributed by atoms with van der Waals surface area (Å²) in [5.41, 5.74) is 0.971. The number of hydrogen-bond acceptors (Lipinski definition) is 4. The van der Waals surface area contributed by atoms with Crippen LogP contribution in [0.1, 0.15) is 60.5 Å². The van der Waals surface area contributed by atoms with Crippen molar-refractivity contribution in [2.75, 3.05) is 30.4 Å². The van der Waals surface area contributed by atoms with E-state index < -0.39 is 11.7 Å². The fourth-order valence-electron chi connectivity index (χ4n) is 3.54. The molecule has 7 nitrogen and oxygen atoms in total. The molecule has 3 rings (SSSR count). The van der Waals surface area contributed by atoms with Crippen molar-refractivity contribution in [2.45, 2.75) is 66.5 Å². The third-order valence-electron chi connectivity index (χ3n) is 5.11. The van der Waals surface area contributed by atoms with Gasteiger partial charge in [-0.1, -0.05) is 92.2 Å². The summed E-state index contributed by atoms with van der Waals surface area (Å²) < 4.78 is 5.30. The van der Waals surface area contributed by atoms with E-state index in [0.717, 1.165) is 5.56 Å². The molecule has 3 amide bonds. The summed E-state index contributed by atoms with van der Waals surface area (Å²) in [7, 11) is 0. The fraction of sp³-hybridized carbons (Fsp3) is 0.452. The van der Waals surface area contributed by atoms with Crippen molar-refractivity contribution in [1.82, 2.24) is 10.2 Å². The summed E-state index contributed by atoms with van der Waals surface area (Å²) in [5, 5.41) is 2.82. The topological polar surface area (TPSA) is 79.0 Å². The second kappa shape index (κ2) is 19.9. The number of likely N-dealkylation sites (tertiary alicyclic amines) is 1. The predicted molar refractivity (Wildman–Crippen MR) is 166 cm³/mol. The van der Waals surface area contributed by atoms with E-state index in [0.29, 0.717) is 25.2 Å². The Bertz CT molecular complexity index is 992. The predicted octanol–water partition coefficient (Wildman–Crippen LogP) is 6.92. The van der Waals surface area contributed by atoms with Gasteiger partial charge in [0.25, 0.3) is 5.91 Å². The highest BCUT2D eigenvalue weighted by atomic mass is 79.9. The molecule has 2 aromatic carbocycles. The first-order valence-corrected chi connectivity index (χ1v) is 15.0.